The van der Waals surface area contributed by atoms with E-state index in [1.165, 1.54) is 4.90 Å². The number of hydrogen-bond acceptors (Lipinski definition) is 5. The van der Waals surface area contributed by atoms with Crippen LogP contribution in [0.4, 0.5) is 4.79 Å². The van der Waals surface area contributed by atoms with Crippen LogP contribution in [0.5, 0.6) is 0 Å². The van der Waals surface area contributed by atoms with E-state index in [1.54, 1.807) is 13.8 Å². The highest BCUT2D eigenvalue weighted by atomic mass is 16.5. The number of morpholine rings is 1. The molecule has 2 N–H and O–H groups in total. The summed E-state index contributed by atoms with van der Waals surface area (Å²) < 4.78 is 9.94. The molecule has 1 aliphatic rings. The molecule has 1 atom stereocenters. The zero-order valence-corrected chi connectivity index (χ0v) is 11.8. The van der Waals surface area contributed by atoms with Gasteiger partial charge in [-0.1, -0.05) is 0 Å². The topological polar surface area (TPSA) is 97.0 Å². The number of nitrogens with one attached hydrogen (secondary N) is 2. The Morgan fingerprint density at radius 1 is 1.30 bits per heavy atom. The van der Waals surface area contributed by atoms with E-state index in [2.05, 4.69) is 10.6 Å². The highest BCUT2D eigenvalue weighted by molar-refractivity contribution is 5.88. The zero-order valence-electron chi connectivity index (χ0n) is 11.8. The van der Waals surface area contributed by atoms with Gasteiger partial charge in [0.15, 0.2) is 0 Å². The quantitative estimate of drug-likeness (QED) is 0.638. The van der Waals surface area contributed by atoms with Crippen molar-refractivity contribution in [2.24, 2.45) is 0 Å². The van der Waals surface area contributed by atoms with Gasteiger partial charge < -0.3 is 25.0 Å². The fraction of sp³-hybridized carbons (Fsp3) is 0.750. The summed E-state index contributed by atoms with van der Waals surface area (Å²) in [7, 11) is 0. The van der Waals surface area contributed by atoms with Crippen molar-refractivity contribution < 1.29 is 23.9 Å². The molecule has 1 heterocycles. The van der Waals surface area contributed by atoms with Gasteiger partial charge in [0.05, 0.1) is 19.8 Å². The number of esters is 1. The Balaban J connectivity index is 2.54. The Bertz CT molecular complexity index is 361. The van der Waals surface area contributed by atoms with Crippen molar-refractivity contribution >= 4 is 17.9 Å². The van der Waals surface area contributed by atoms with Crippen molar-refractivity contribution in [1.82, 2.24) is 15.5 Å². The minimum Gasteiger partial charge on any atom is -0.465 e. The number of ether oxygens (including phenoxy) is 2. The molecule has 1 rings (SSSR count). The van der Waals surface area contributed by atoms with Crippen LogP contribution in [0.1, 0.15) is 13.8 Å². The number of urea groups is 1. The largest absolute Gasteiger partial charge is 0.465 e. The average molecular weight is 287 g/mol. The molecule has 0 aromatic rings. The van der Waals surface area contributed by atoms with Gasteiger partial charge in [0.25, 0.3) is 0 Å². The molecule has 8 nitrogen and oxygen atoms in total. The van der Waals surface area contributed by atoms with E-state index in [-0.39, 0.29) is 25.7 Å². The Morgan fingerprint density at radius 2 is 2.05 bits per heavy atom. The van der Waals surface area contributed by atoms with Crippen molar-refractivity contribution in [2.75, 3.05) is 39.5 Å². The Kier molecular flexibility index (Phi) is 6.78. The maximum atomic E-state index is 12.0. The third kappa shape index (κ3) is 4.69. The van der Waals surface area contributed by atoms with Crippen LogP contribution in [-0.4, -0.2) is 68.3 Å². The minimum atomic E-state index is -0.675. The number of rotatable bonds is 5. The highest BCUT2D eigenvalue weighted by Gasteiger charge is 2.32. The molecule has 3 amide bonds. The first-order valence-corrected chi connectivity index (χ1v) is 6.65. The Morgan fingerprint density at radius 3 is 2.70 bits per heavy atom. The second kappa shape index (κ2) is 8.36. The highest BCUT2D eigenvalue weighted by Crippen LogP contribution is 2.07. The summed E-state index contributed by atoms with van der Waals surface area (Å²) >= 11 is 0. The van der Waals surface area contributed by atoms with Crippen LogP contribution in [0.2, 0.25) is 0 Å². The van der Waals surface area contributed by atoms with Gasteiger partial charge >= 0.3 is 12.0 Å². The Hall–Kier alpha value is -1.83. The fourth-order valence-electron chi connectivity index (χ4n) is 1.82. The molecule has 20 heavy (non-hydrogen) atoms. The van der Waals surface area contributed by atoms with Crippen molar-refractivity contribution in [3.8, 4) is 0 Å². The van der Waals surface area contributed by atoms with E-state index in [4.69, 9.17) is 9.47 Å². The molecule has 1 saturated heterocycles. The maximum Gasteiger partial charge on any atom is 0.325 e. The van der Waals surface area contributed by atoms with Gasteiger partial charge in [0, 0.05) is 13.1 Å². The summed E-state index contributed by atoms with van der Waals surface area (Å²) in [6, 6.07) is -1.15. The number of hydrogen-bond donors (Lipinski definition) is 2. The van der Waals surface area contributed by atoms with Gasteiger partial charge in [-0.05, 0) is 13.8 Å². The van der Waals surface area contributed by atoms with Crippen LogP contribution in [0.15, 0.2) is 0 Å². The van der Waals surface area contributed by atoms with Crippen molar-refractivity contribution in [2.45, 2.75) is 19.9 Å². The number of carbonyl (C=O) groups is 3. The average Bonchev–Trinajstić information content (AvgIpc) is 2.45. The molecule has 0 aromatic heterocycles. The van der Waals surface area contributed by atoms with E-state index >= 15 is 0 Å². The molecule has 0 saturated carbocycles. The van der Waals surface area contributed by atoms with E-state index in [9.17, 15) is 14.4 Å². The van der Waals surface area contributed by atoms with Gasteiger partial charge in [0.1, 0.15) is 12.6 Å². The van der Waals surface area contributed by atoms with E-state index in [0.717, 1.165) is 0 Å². The fourth-order valence-corrected chi connectivity index (χ4v) is 1.82. The normalized spacial score (nSPS) is 18.3. The number of carbonyl (C=O) groups excluding carboxylic acids is 3. The van der Waals surface area contributed by atoms with E-state index < -0.39 is 18.0 Å². The minimum absolute atomic E-state index is 0.151. The molecule has 0 aromatic carbocycles. The van der Waals surface area contributed by atoms with Crippen LogP contribution in [0.25, 0.3) is 0 Å². The van der Waals surface area contributed by atoms with E-state index in [0.29, 0.717) is 19.7 Å². The number of amides is 3. The van der Waals surface area contributed by atoms with Crippen molar-refractivity contribution in [3.63, 3.8) is 0 Å². The van der Waals surface area contributed by atoms with Gasteiger partial charge in [-0.2, -0.15) is 0 Å². The molecular formula is C12H21N3O5. The lowest BCUT2D eigenvalue weighted by Crippen LogP contribution is -2.58. The number of nitrogens with zero attached hydrogens (tertiary/aromatic N) is 1. The summed E-state index contributed by atoms with van der Waals surface area (Å²) in [6.07, 6.45) is 0. The molecule has 8 heteroatoms. The first-order valence-electron chi connectivity index (χ1n) is 6.65. The van der Waals surface area contributed by atoms with Gasteiger partial charge in [-0.25, -0.2) is 4.79 Å². The second-order valence-electron chi connectivity index (χ2n) is 4.14. The third-order valence-electron chi connectivity index (χ3n) is 2.73. The Labute approximate surface area is 117 Å². The summed E-state index contributed by atoms with van der Waals surface area (Å²) in [4.78, 5) is 36.4. The van der Waals surface area contributed by atoms with Crippen LogP contribution < -0.4 is 10.6 Å². The molecule has 1 fully saturated rings. The van der Waals surface area contributed by atoms with Crippen molar-refractivity contribution in [3.05, 3.63) is 0 Å². The molecular weight excluding hydrogens is 266 g/mol. The van der Waals surface area contributed by atoms with Crippen LogP contribution in [0.3, 0.4) is 0 Å². The number of likely N-dealkylation sites (N-methyl/N-ethyl adjacent to an activating group) is 1. The van der Waals surface area contributed by atoms with E-state index in [1.807, 2.05) is 0 Å². The standard InChI is InChI=1S/C12H21N3O5/c1-3-13-11(17)9-8-19-6-5-15(9)12(18)14-7-10(16)20-4-2/h9H,3-8H2,1-2H3,(H,13,17)(H,14,18). The van der Waals surface area contributed by atoms with Gasteiger partial charge in [0.2, 0.25) is 5.91 Å². The maximum absolute atomic E-state index is 12.0. The predicted octanol–water partition coefficient (Wildman–Crippen LogP) is -0.904. The molecule has 0 spiro atoms. The SMILES string of the molecule is CCNC(=O)C1COCCN1C(=O)NCC(=O)OCC. The van der Waals surface area contributed by atoms with Crippen LogP contribution in [-0.2, 0) is 19.1 Å². The first-order chi connectivity index (χ1) is 9.60. The lowest BCUT2D eigenvalue weighted by atomic mass is 10.2. The van der Waals surface area contributed by atoms with Gasteiger partial charge in [-0.3, -0.25) is 9.59 Å². The molecule has 1 unspecified atom stereocenters. The van der Waals surface area contributed by atoms with Crippen LogP contribution in [0, 0.1) is 0 Å². The molecule has 114 valence electrons. The van der Waals surface area contributed by atoms with Gasteiger partial charge in [-0.15, -0.1) is 0 Å². The lowest BCUT2D eigenvalue weighted by Gasteiger charge is -2.34. The third-order valence-corrected chi connectivity index (χ3v) is 2.73. The molecule has 0 radical (unpaired) electrons. The zero-order chi connectivity index (χ0) is 15.0. The molecule has 0 aliphatic carbocycles. The summed E-state index contributed by atoms with van der Waals surface area (Å²) in [5.41, 5.74) is 0. The van der Waals surface area contributed by atoms with Crippen LogP contribution >= 0.6 is 0 Å². The van der Waals surface area contributed by atoms with Crippen molar-refractivity contribution in [1.29, 1.82) is 0 Å². The summed E-state index contributed by atoms with van der Waals surface area (Å²) in [5, 5.41) is 5.09. The first kappa shape index (κ1) is 16.2. The predicted molar refractivity (Wildman–Crippen MR) is 70.0 cm³/mol. The monoisotopic (exact) mass is 287 g/mol. The second-order valence-corrected chi connectivity index (χ2v) is 4.14. The lowest BCUT2D eigenvalue weighted by molar-refractivity contribution is -0.141. The smallest absolute Gasteiger partial charge is 0.325 e. The summed E-state index contributed by atoms with van der Waals surface area (Å²) in [5.74, 6) is -0.776. The molecule has 1 aliphatic heterocycles. The summed E-state index contributed by atoms with van der Waals surface area (Å²) in [6.45, 7) is 4.82. The molecule has 0 bridgehead atoms.